The number of nitrogens with one attached hydrogen (secondary N) is 1. The standard InChI is InChI=1S/C20H20N4O2/c1-23-9-11-24(12-10-23)15-6-4-14(5-7-15)22-17-13-18(25)19-16(20(17)26)3-2-8-21-19/h2-8,13,22H,9-12H2,1H3. The number of Topliss-reactive ketones (excluding diaryl/α,β-unsaturated/α-hetero) is 1. The van der Waals surface area contributed by atoms with Crippen molar-refractivity contribution in [3.8, 4) is 0 Å². The molecule has 0 spiro atoms. The van der Waals surface area contributed by atoms with Gasteiger partial charge in [0.2, 0.25) is 11.6 Å². The molecule has 1 saturated heterocycles. The van der Waals surface area contributed by atoms with Crippen LogP contribution < -0.4 is 10.2 Å². The fraction of sp³-hybridized carbons (Fsp3) is 0.250. The summed E-state index contributed by atoms with van der Waals surface area (Å²) in [4.78, 5) is 33.4. The fourth-order valence-corrected chi connectivity index (χ4v) is 3.26. The first-order chi connectivity index (χ1) is 12.6. The van der Waals surface area contributed by atoms with E-state index in [4.69, 9.17) is 0 Å². The van der Waals surface area contributed by atoms with Crippen LogP contribution in [-0.4, -0.2) is 54.7 Å². The number of allylic oxidation sites excluding steroid dienone is 2. The summed E-state index contributed by atoms with van der Waals surface area (Å²) in [7, 11) is 2.13. The summed E-state index contributed by atoms with van der Waals surface area (Å²) in [5.74, 6) is -0.465. The Balaban J connectivity index is 1.50. The number of rotatable bonds is 3. The van der Waals surface area contributed by atoms with Crippen molar-refractivity contribution in [2.45, 2.75) is 0 Å². The topological polar surface area (TPSA) is 65.5 Å². The molecule has 1 aliphatic carbocycles. The molecular formula is C20H20N4O2. The summed E-state index contributed by atoms with van der Waals surface area (Å²) in [5.41, 5.74) is 2.79. The van der Waals surface area contributed by atoms with Gasteiger partial charge in [-0.25, -0.2) is 0 Å². The van der Waals surface area contributed by atoms with E-state index in [0.717, 1.165) is 31.9 Å². The largest absolute Gasteiger partial charge is 0.369 e. The molecule has 6 nitrogen and oxygen atoms in total. The monoisotopic (exact) mass is 348 g/mol. The molecule has 0 bridgehead atoms. The van der Waals surface area contributed by atoms with Gasteiger partial charge in [-0.05, 0) is 43.4 Å². The highest BCUT2D eigenvalue weighted by Crippen LogP contribution is 2.23. The van der Waals surface area contributed by atoms with Crippen LogP contribution in [0.1, 0.15) is 20.8 Å². The molecule has 1 aromatic carbocycles. The summed E-state index contributed by atoms with van der Waals surface area (Å²) < 4.78 is 0. The number of carbonyl (C=O) groups is 2. The quantitative estimate of drug-likeness (QED) is 0.917. The van der Waals surface area contributed by atoms with Gasteiger partial charge >= 0.3 is 0 Å². The molecule has 2 heterocycles. The lowest BCUT2D eigenvalue weighted by Crippen LogP contribution is -2.44. The third-order valence-corrected chi connectivity index (χ3v) is 4.82. The zero-order chi connectivity index (χ0) is 18.1. The molecule has 0 saturated carbocycles. The highest BCUT2D eigenvalue weighted by molar-refractivity contribution is 6.24. The van der Waals surface area contributed by atoms with Gasteiger partial charge in [-0.3, -0.25) is 14.6 Å². The maximum Gasteiger partial charge on any atom is 0.211 e. The Bertz CT molecular complexity index is 881. The fourth-order valence-electron chi connectivity index (χ4n) is 3.26. The van der Waals surface area contributed by atoms with Gasteiger partial charge in [-0.1, -0.05) is 0 Å². The van der Waals surface area contributed by atoms with Gasteiger partial charge in [0.05, 0.1) is 11.3 Å². The second-order valence-electron chi connectivity index (χ2n) is 6.61. The van der Waals surface area contributed by atoms with Crippen LogP contribution in [0.3, 0.4) is 0 Å². The van der Waals surface area contributed by atoms with Crippen LogP contribution >= 0.6 is 0 Å². The summed E-state index contributed by atoms with van der Waals surface area (Å²) in [6.45, 7) is 4.12. The van der Waals surface area contributed by atoms with Crippen LogP contribution in [0.25, 0.3) is 0 Å². The molecule has 1 aliphatic heterocycles. The molecule has 4 rings (SSSR count). The van der Waals surface area contributed by atoms with E-state index in [2.05, 4.69) is 27.1 Å². The summed E-state index contributed by atoms with van der Waals surface area (Å²) >= 11 is 0. The Morgan fingerprint density at radius 1 is 1.00 bits per heavy atom. The van der Waals surface area contributed by atoms with Gasteiger partial charge in [0.1, 0.15) is 5.69 Å². The Hall–Kier alpha value is -2.99. The first kappa shape index (κ1) is 16.5. The third-order valence-electron chi connectivity index (χ3n) is 4.82. The number of nitrogens with zero attached hydrogens (tertiary/aromatic N) is 3. The number of likely N-dealkylation sites (N-methyl/N-ethyl adjacent to an activating group) is 1. The van der Waals surface area contributed by atoms with E-state index in [0.29, 0.717) is 5.56 Å². The molecule has 26 heavy (non-hydrogen) atoms. The average molecular weight is 348 g/mol. The summed E-state index contributed by atoms with van der Waals surface area (Å²) in [6.07, 6.45) is 2.85. The number of carbonyl (C=O) groups excluding carboxylic acids is 2. The Morgan fingerprint density at radius 2 is 1.73 bits per heavy atom. The molecule has 6 heteroatoms. The minimum atomic E-state index is -0.253. The SMILES string of the molecule is CN1CCN(c2ccc(NC3=CC(=O)c4ncccc4C3=O)cc2)CC1. The van der Waals surface area contributed by atoms with Gasteiger partial charge in [-0.2, -0.15) is 0 Å². The first-order valence-electron chi connectivity index (χ1n) is 8.68. The van der Waals surface area contributed by atoms with E-state index in [1.54, 1.807) is 12.1 Å². The number of pyridine rings is 1. The number of ketones is 2. The van der Waals surface area contributed by atoms with Gasteiger partial charge in [0.25, 0.3) is 0 Å². The van der Waals surface area contributed by atoms with Crippen molar-refractivity contribution in [1.82, 2.24) is 9.88 Å². The van der Waals surface area contributed by atoms with Crippen LogP contribution in [-0.2, 0) is 0 Å². The molecule has 0 unspecified atom stereocenters. The Labute approximate surface area is 152 Å². The van der Waals surface area contributed by atoms with Gasteiger partial charge in [-0.15, -0.1) is 0 Å². The van der Waals surface area contributed by atoms with E-state index in [1.165, 1.54) is 18.0 Å². The average Bonchev–Trinajstić information content (AvgIpc) is 2.67. The molecule has 1 fully saturated rings. The van der Waals surface area contributed by atoms with Crippen molar-refractivity contribution in [2.75, 3.05) is 43.4 Å². The Kier molecular flexibility index (Phi) is 4.26. The van der Waals surface area contributed by atoms with Crippen LogP contribution in [0, 0.1) is 0 Å². The minimum Gasteiger partial charge on any atom is -0.369 e. The number of fused-ring (bicyclic) bond motifs is 1. The van der Waals surface area contributed by atoms with Crippen LogP contribution in [0.4, 0.5) is 11.4 Å². The van der Waals surface area contributed by atoms with Crippen molar-refractivity contribution in [3.63, 3.8) is 0 Å². The van der Waals surface area contributed by atoms with Gasteiger partial charge in [0.15, 0.2) is 0 Å². The van der Waals surface area contributed by atoms with E-state index in [-0.39, 0.29) is 23.0 Å². The second kappa shape index (κ2) is 6.72. The molecule has 2 aromatic rings. The van der Waals surface area contributed by atoms with Crippen LogP contribution in [0.2, 0.25) is 0 Å². The maximum atomic E-state index is 12.6. The predicted octanol–water partition coefficient (Wildman–Crippen LogP) is 2.21. The van der Waals surface area contributed by atoms with E-state index < -0.39 is 0 Å². The van der Waals surface area contributed by atoms with Crippen molar-refractivity contribution < 1.29 is 9.59 Å². The predicted molar refractivity (Wildman–Crippen MR) is 101 cm³/mol. The van der Waals surface area contributed by atoms with Gasteiger partial charge in [0, 0.05) is 49.8 Å². The molecule has 1 aromatic heterocycles. The zero-order valence-corrected chi connectivity index (χ0v) is 14.6. The summed E-state index contributed by atoms with van der Waals surface area (Å²) in [5, 5.41) is 3.08. The number of hydrogen-bond donors (Lipinski definition) is 1. The molecule has 0 radical (unpaired) electrons. The molecule has 0 atom stereocenters. The molecule has 2 aliphatic rings. The Morgan fingerprint density at radius 3 is 2.46 bits per heavy atom. The van der Waals surface area contributed by atoms with E-state index in [1.807, 2.05) is 24.3 Å². The molecule has 1 N–H and O–H groups in total. The molecular weight excluding hydrogens is 328 g/mol. The maximum absolute atomic E-state index is 12.6. The number of aromatic nitrogens is 1. The number of piperazine rings is 1. The molecule has 132 valence electrons. The lowest BCUT2D eigenvalue weighted by molar-refractivity contribution is 0.0982. The minimum absolute atomic E-state index is 0.212. The number of anilines is 2. The second-order valence-corrected chi connectivity index (χ2v) is 6.61. The first-order valence-corrected chi connectivity index (χ1v) is 8.68. The smallest absolute Gasteiger partial charge is 0.211 e. The van der Waals surface area contributed by atoms with Gasteiger partial charge < -0.3 is 15.1 Å². The van der Waals surface area contributed by atoms with E-state index in [9.17, 15) is 9.59 Å². The van der Waals surface area contributed by atoms with Crippen molar-refractivity contribution in [3.05, 3.63) is 65.6 Å². The normalized spacial score (nSPS) is 17.7. The summed E-state index contributed by atoms with van der Waals surface area (Å²) in [6, 6.07) is 11.2. The number of benzene rings is 1. The van der Waals surface area contributed by atoms with Crippen molar-refractivity contribution >= 4 is 22.9 Å². The molecule has 0 amide bonds. The highest BCUT2D eigenvalue weighted by atomic mass is 16.1. The van der Waals surface area contributed by atoms with Crippen molar-refractivity contribution in [1.29, 1.82) is 0 Å². The lowest BCUT2D eigenvalue weighted by atomic mass is 9.97. The lowest BCUT2D eigenvalue weighted by Gasteiger charge is -2.34. The van der Waals surface area contributed by atoms with Crippen LogP contribution in [0.15, 0.2) is 54.4 Å². The van der Waals surface area contributed by atoms with Crippen molar-refractivity contribution in [2.24, 2.45) is 0 Å². The highest BCUT2D eigenvalue weighted by Gasteiger charge is 2.26. The third kappa shape index (κ3) is 3.11. The zero-order valence-electron chi connectivity index (χ0n) is 14.6. The number of hydrogen-bond acceptors (Lipinski definition) is 6. The van der Waals surface area contributed by atoms with E-state index >= 15 is 0 Å². The van der Waals surface area contributed by atoms with Crippen LogP contribution in [0.5, 0.6) is 0 Å².